The van der Waals surface area contributed by atoms with Gasteiger partial charge in [-0.15, -0.1) is 0 Å². The number of carbonyl (C=O) groups excluding carboxylic acids is 2. The van der Waals surface area contributed by atoms with E-state index in [2.05, 4.69) is 15.0 Å². The molecule has 0 aliphatic heterocycles. The summed E-state index contributed by atoms with van der Waals surface area (Å²) in [4.78, 5) is 21.7. The third-order valence-electron chi connectivity index (χ3n) is 1.04. The van der Waals surface area contributed by atoms with Crippen molar-refractivity contribution in [3.8, 4) is 0 Å². The molecular formula is C9H16N2O4. The van der Waals surface area contributed by atoms with Gasteiger partial charge >= 0.3 is 12.2 Å². The van der Waals surface area contributed by atoms with Gasteiger partial charge in [0.25, 0.3) is 0 Å². The molecule has 6 heteroatoms. The predicted octanol–water partition coefficient (Wildman–Crippen LogP) is 2.92. The van der Waals surface area contributed by atoms with Crippen molar-refractivity contribution in [2.75, 3.05) is 6.61 Å². The van der Waals surface area contributed by atoms with Gasteiger partial charge in [-0.1, -0.05) is 17.2 Å². The lowest BCUT2D eigenvalue weighted by molar-refractivity contribution is 0.0586. The lowest BCUT2D eigenvalue weighted by atomic mass is 10.2. The van der Waals surface area contributed by atoms with Crippen molar-refractivity contribution in [3.63, 3.8) is 0 Å². The summed E-state index contributed by atoms with van der Waals surface area (Å²) in [6, 6.07) is 0. The van der Waals surface area contributed by atoms with Crippen molar-refractivity contribution in [2.45, 2.75) is 39.7 Å². The van der Waals surface area contributed by atoms with Crippen LogP contribution in [-0.2, 0) is 9.47 Å². The van der Waals surface area contributed by atoms with Gasteiger partial charge in [0.1, 0.15) is 5.60 Å². The average molecular weight is 216 g/mol. The second kappa shape index (κ2) is 6.10. The van der Waals surface area contributed by atoms with Crippen molar-refractivity contribution >= 4 is 12.2 Å². The molecule has 0 atom stereocenters. The van der Waals surface area contributed by atoms with Gasteiger partial charge in [0.15, 0.2) is 0 Å². The number of amides is 2. The highest BCUT2D eigenvalue weighted by Gasteiger charge is 2.15. The monoisotopic (exact) mass is 216 g/mol. The van der Waals surface area contributed by atoms with E-state index in [0.29, 0.717) is 6.42 Å². The fourth-order valence-electron chi connectivity index (χ4n) is 0.582. The van der Waals surface area contributed by atoms with Gasteiger partial charge < -0.3 is 9.47 Å². The average Bonchev–Trinajstić information content (AvgIpc) is 2.08. The van der Waals surface area contributed by atoms with Crippen LogP contribution in [0.1, 0.15) is 34.1 Å². The van der Waals surface area contributed by atoms with Crippen LogP contribution in [0.3, 0.4) is 0 Å². The van der Waals surface area contributed by atoms with Gasteiger partial charge in [-0.25, -0.2) is 9.59 Å². The number of hydrogen-bond donors (Lipinski definition) is 0. The van der Waals surface area contributed by atoms with Crippen LogP contribution in [0.15, 0.2) is 10.2 Å². The summed E-state index contributed by atoms with van der Waals surface area (Å²) in [7, 11) is 0. The molecule has 0 aliphatic carbocycles. The van der Waals surface area contributed by atoms with Crippen molar-refractivity contribution in [3.05, 3.63) is 0 Å². The van der Waals surface area contributed by atoms with Crippen LogP contribution < -0.4 is 0 Å². The molecule has 6 nitrogen and oxygen atoms in total. The summed E-state index contributed by atoms with van der Waals surface area (Å²) in [6.45, 7) is 7.17. The van der Waals surface area contributed by atoms with Gasteiger partial charge in [0.2, 0.25) is 0 Å². The number of azo groups is 1. The number of carbonyl (C=O) groups is 2. The highest BCUT2D eigenvalue weighted by molar-refractivity contribution is 5.73. The molecule has 0 saturated heterocycles. The van der Waals surface area contributed by atoms with Crippen molar-refractivity contribution in [2.24, 2.45) is 10.2 Å². The van der Waals surface area contributed by atoms with Crippen LogP contribution >= 0.6 is 0 Å². The third kappa shape index (κ3) is 8.86. The molecule has 0 aromatic heterocycles. The molecule has 0 aromatic carbocycles. The van der Waals surface area contributed by atoms with Gasteiger partial charge in [-0.2, -0.15) is 0 Å². The maximum atomic E-state index is 10.9. The smallest absolute Gasteiger partial charge is 0.447 e. The Bertz CT molecular complexity index is 255. The van der Waals surface area contributed by atoms with Crippen LogP contribution in [-0.4, -0.2) is 24.4 Å². The summed E-state index contributed by atoms with van der Waals surface area (Å²) < 4.78 is 9.35. The van der Waals surface area contributed by atoms with Crippen LogP contribution in [0.4, 0.5) is 9.59 Å². The zero-order chi connectivity index (χ0) is 11.9. The summed E-state index contributed by atoms with van der Waals surface area (Å²) >= 11 is 0. The Hall–Kier alpha value is -1.46. The fraction of sp³-hybridized carbons (Fsp3) is 0.778. The van der Waals surface area contributed by atoms with E-state index in [-0.39, 0.29) is 6.61 Å². The molecule has 0 rings (SSSR count). The third-order valence-corrected chi connectivity index (χ3v) is 1.04. The highest BCUT2D eigenvalue weighted by Crippen LogP contribution is 2.08. The number of ether oxygens (including phenoxy) is 2. The topological polar surface area (TPSA) is 77.3 Å². The molecule has 0 bridgehead atoms. The lowest BCUT2D eigenvalue weighted by Gasteiger charge is -2.16. The molecule has 0 spiro atoms. The SMILES string of the molecule is CCCOC(=O)/N=N/C(=O)OC(C)(C)C. The van der Waals surface area contributed by atoms with E-state index in [9.17, 15) is 9.59 Å². The molecule has 2 amide bonds. The van der Waals surface area contributed by atoms with E-state index in [0.717, 1.165) is 0 Å². The summed E-state index contributed by atoms with van der Waals surface area (Å²) in [5, 5.41) is 6.09. The first-order valence-corrected chi connectivity index (χ1v) is 4.66. The molecule has 15 heavy (non-hydrogen) atoms. The molecule has 0 N–H and O–H groups in total. The fourth-order valence-corrected chi connectivity index (χ4v) is 0.582. The number of nitrogens with zero attached hydrogens (tertiary/aromatic N) is 2. The van der Waals surface area contributed by atoms with Crippen molar-refractivity contribution < 1.29 is 19.1 Å². The second-order valence-corrected chi connectivity index (χ2v) is 3.79. The van der Waals surface area contributed by atoms with E-state index < -0.39 is 17.8 Å². The lowest BCUT2D eigenvalue weighted by Crippen LogP contribution is -2.21. The van der Waals surface area contributed by atoms with Crippen LogP contribution in [0.25, 0.3) is 0 Å². The molecule has 0 radical (unpaired) electrons. The molecule has 0 aliphatic rings. The standard InChI is InChI=1S/C9H16N2O4/c1-5-6-14-7(12)10-11-8(13)15-9(2,3)4/h5-6H2,1-4H3/b11-10+. The quantitative estimate of drug-likeness (QED) is 0.665. The Morgan fingerprint density at radius 3 is 2.13 bits per heavy atom. The zero-order valence-electron chi connectivity index (χ0n) is 9.44. The minimum absolute atomic E-state index is 0.256. The Kier molecular flexibility index (Phi) is 5.51. The highest BCUT2D eigenvalue weighted by atomic mass is 16.6. The first-order chi connectivity index (χ1) is 6.85. The Balaban J connectivity index is 3.95. The Morgan fingerprint density at radius 2 is 1.67 bits per heavy atom. The Morgan fingerprint density at radius 1 is 1.13 bits per heavy atom. The van der Waals surface area contributed by atoms with E-state index in [1.807, 2.05) is 6.92 Å². The predicted molar refractivity (Wildman–Crippen MR) is 52.7 cm³/mol. The van der Waals surface area contributed by atoms with Crippen molar-refractivity contribution in [1.82, 2.24) is 0 Å². The summed E-state index contributed by atoms with van der Waals surface area (Å²) in [5.41, 5.74) is -0.649. The van der Waals surface area contributed by atoms with Gasteiger partial charge in [0, 0.05) is 0 Å². The summed E-state index contributed by atoms with van der Waals surface area (Å²) in [5.74, 6) is 0. The maximum Gasteiger partial charge on any atom is 0.453 e. The van der Waals surface area contributed by atoms with Crippen LogP contribution in [0.2, 0.25) is 0 Å². The van der Waals surface area contributed by atoms with E-state index in [4.69, 9.17) is 4.74 Å². The van der Waals surface area contributed by atoms with Gasteiger partial charge in [-0.3, -0.25) is 0 Å². The molecule has 0 aromatic rings. The molecule has 0 unspecified atom stereocenters. The maximum absolute atomic E-state index is 10.9. The second-order valence-electron chi connectivity index (χ2n) is 3.79. The van der Waals surface area contributed by atoms with E-state index >= 15 is 0 Å². The molecule has 86 valence electrons. The Labute approximate surface area is 88.7 Å². The van der Waals surface area contributed by atoms with Crippen LogP contribution in [0.5, 0.6) is 0 Å². The van der Waals surface area contributed by atoms with Gasteiger partial charge in [-0.05, 0) is 27.2 Å². The minimum atomic E-state index is -0.907. The van der Waals surface area contributed by atoms with Crippen LogP contribution in [0, 0.1) is 0 Å². The van der Waals surface area contributed by atoms with Crippen molar-refractivity contribution in [1.29, 1.82) is 0 Å². The minimum Gasteiger partial charge on any atom is -0.447 e. The first-order valence-electron chi connectivity index (χ1n) is 4.66. The largest absolute Gasteiger partial charge is 0.453 e. The molecular weight excluding hydrogens is 200 g/mol. The molecule has 0 saturated carbocycles. The van der Waals surface area contributed by atoms with Gasteiger partial charge in [0.05, 0.1) is 6.61 Å². The first kappa shape index (κ1) is 13.5. The van der Waals surface area contributed by atoms with E-state index in [1.165, 1.54) is 0 Å². The summed E-state index contributed by atoms with van der Waals surface area (Å²) in [6.07, 6.45) is -1.10. The molecule has 0 fully saturated rings. The molecule has 0 heterocycles. The number of hydrogen-bond acceptors (Lipinski definition) is 4. The normalized spacial score (nSPS) is 11.5. The zero-order valence-corrected chi connectivity index (χ0v) is 9.44. The number of rotatable bonds is 2. The van der Waals surface area contributed by atoms with E-state index in [1.54, 1.807) is 20.8 Å².